The van der Waals surface area contributed by atoms with Crippen LogP contribution < -0.4 is 29.9 Å². The van der Waals surface area contributed by atoms with E-state index >= 15 is 0 Å². The van der Waals surface area contributed by atoms with Gasteiger partial charge in [0.15, 0.2) is 11.5 Å². The molecule has 0 bridgehead atoms. The van der Waals surface area contributed by atoms with Gasteiger partial charge in [0.1, 0.15) is 0 Å². The number of methoxy groups -OCH3 is 3. The third-order valence-corrected chi connectivity index (χ3v) is 6.14. The predicted octanol–water partition coefficient (Wildman–Crippen LogP) is 3.93. The second-order valence-electron chi connectivity index (χ2n) is 8.12. The lowest BCUT2D eigenvalue weighted by Crippen LogP contribution is -2.29. The number of carbonyl (C=O) groups is 1. The van der Waals surface area contributed by atoms with Gasteiger partial charge in [0.25, 0.3) is 0 Å². The van der Waals surface area contributed by atoms with Crippen molar-refractivity contribution in [2.45, 2.75) is 31.7 Å². The fourth-order valence-corrected chi connectivity index (χ4v) is 4.45. The van der Waals surface area contributed by atoms with Crippen LogP contribution >= 0.6 is 11.6 Å². The van der Waals surface area contributed by atoms with Crippen molar-refractivity contribution >= 4 is 23.2 Å². The molecule has 0 heterocycles. The SMILES string of the molecule is COc1cc2c(c(OC)c1OC)-c1ccc(N(C)C)c(=O)cc1C(NC(=O)CCCCl)CC2. The lowest BCUT2D eigenvalue weighted by atomic mass is 9.95. The Morgan fingerprint density at radius 2 is 1.85 bits per heavy atom. The fourth-order valence-electron chi connectivity index (χ4n) is 4.32. The first-order valence-electron chi connectivity index (χ1n) is 10.9. The van der Waals surface area contributed by atoms with Gasteiger partial charge in [0, 0.05) is 32.0 Å². The van der Waals surface area contributed by atoms with E-state index in [9.17, 15) is 9.59 Å². The first kappa shape index (κ1) is 24.7. The molecule has 1 unspecified atom stereocenters. The van der Waals surface area contributed by atoms with Crippen LogP contribution in [0.5, 0.6) is 17.2 Å². The molecule has 0 radical (unpaired) electrons. The highest BCUT2D eigenvalue weighted by Crippen LogP contribution is 2.50. The lowest BCUT2D eigenvalue weighted by Gasteiger charge is -2.20. The van der Waals surface area contributed by atoms with Crippen molar-refractivity contribution in [3.05, 3.63) is 45.6 Å². The number of rotatable bonds is 8. The highest BCUT2D eigenvalue weighted by Gasteiger charge is 2.29. The molecule has 1 aliphatic carbocycles. The number of amides is 1. The normalized spacial score (nSPS) is 14.4. The van der Waals surface area contributed by atoms with E-state index in [1.165, 1.54) is 0 Å². The molecule has 1 N–H and O–H groups in total. The number of nitrogens with zero attached hydrogens (tertiary/aromatic N) is 1. The highest BCUT2D eigenvalue weighted by atomic mass is 35.5. The summed E-state index contributed by atoms with van der Waals surface area (Å²) in [5.74, 6) is 1.91. The van der Waals surface area contributed by atoms with Gasteiger partial charge in [0.2, 0.25) is 17.1 Å². The van der Waals surface area contributed by atoms with E-state index in [1.807, 2.05) is 26.2 Å². The number of nitrogens with one attached hydrogen (secondary N) is 1. The Morgan fingerprint density at radius 1 is 1.12 bits per heavy atom. The molecule has 2 aromatic carbocycles. The van der Waals surface area contributed by atoms with Crippen LogP contribution in [0.2, 0.25) is 0 Å². The van der Waals surface area contributed by atoms with Crippen molar-refractivity contribution in [1.29, 1.82) is 0 Å². The minimum absolute atomic E-state index is 0.0912. The molecule has 0 saturated carbocycles. The van der Waals surface area contributed by atoms with E-state index in [1.54, 1.807) is 38.4 Å². The van der Waals surface area contributed by atoms with E-state index in [-0.39, 0.29) is 17.4 Å². The first-order valence-corrected chi connectivity index (χ1v) is 11.4. The summed E-state index contributed by atoms with van der Waals surface area (Å²) in [6.07, 6.45) is 2.20. The predicted molar refractivity (Wildman–Crippen MR) is 131 cm³/mol. The molecule has 178 valence electrons. The molecule has 8 heteroatoms. The number of anilines is 1. The van der Waals surface area contributed by atoms with Crippen molar-refractivity contribution in [3.63, 3.8) is 0 Å². The van der Waals surface area contributed by atoms with Crippen LogP contribution in [-0.2, 0) is 11.2 Å². The number of hydrogen-bond donors (Lipinski definition) is 1. The molecule has 1 atom stereocenters. The summed E-state index contributed by atoms with van der Waals surface area (Å²) in [5, 5.41) is 3.12. The second-order valence-corrected chi connectivity index (χ2v) is 8.50. The Balaban J connectivity index is 2.30. The van der Waals surface area contributed by atoms with E-state index < -0.39 is 0 Å². The Labute approximate surface area is 199 Å². The van der Waals surface area contributed by atoms with Gasteiger partial charge in [-0.25, -0.2) is 0 Å². The van der Waals surface area contributed by atoms with Crippen molar-refractivity contribution in [2.75, 3.05) is 46.2 Å². The first-order chi connectivity index (χ1) is 15.9. The van der Waals surface area contributed by atoms with Crippen LogP contribution in [0, 0.1) is 0 Å². The number of fused-ring (bicyclic) bond motifs is 3. The van der Waals surface area contributed by atoms with Crippen LogP contribution in [0.4, 0.5) is 5.69 Å². The maximum atomic E-state index is 13.1. The average molecular weight is 475 g/mol. The van der Waals surface area contributed by atoms with Crippen LogP contribution in [0.3, 0.4) is 0 Å². The van der Waals surface area contributed by atoms with Crippen LogP contribution in [-0.4, -0.2) is 47.2 Å². The van der Waals surface area contributed by atoms with Crippen molar-refractivity contribution in [2.24, 2.45) is 0 Å². The Bertz CT molecular complexity index is 1090. The molecular weight excluding hydrogens is 444 g/mol. The summed E-state index contributed by atoms with van der Waals surface area (Å²) in [5.41, 5.74) is 3.82. The molecule has 1 aliphatic rings. The summed E-state index contributed by atoms with van der Waals surface area (Å²) in [7, 11) is 8.39. The number of carbonyl (C=O) groups excluding carboxylic acids is 1. The minimum Gasteiger partial charge on any atom is -0.493 e. The standard InChI is InChI=1S/C25H31ClN2O5/c1-28(2)19-11-9-16-17(14-20(19)29)18(27-22(30)7-6-12-26)10-8-15-13-21(31-3)24(32-4)25(33-5)23(15)16/h9,11,13-14,18H,6-8,10,12H2,1-5H3,(H,27,30). The number of alkyl halides is 1. The lowest BCUT2D eigenvalue weighted by molar-refractivity contribution is -0.121. The zero-order valence-electron chi connectivity index (χ0n) is 19.8. The molecule has 7 nitrogen and oxygen atoms in total. The molecule has 0 spiro atoms. The molecule has 33 heavy (non-hydrogen) atoms. The van der Waals surface area contributed by atoms with Crippen molar-refractivity contribution in [1.82, 2.24) is 5.32 Å². The van der Waals surface area contributed by atoms with E-state index in [0.29, 0.717) is 54.5 Å². The zero-order valence-corrected chi connectivity index (χ0v) is 20.5. The molecule has 0 saturated heterocycles. The Kier molecular flexibility index (Phi) is 8.08. The summed E-state index contributed by atoms with van der Waals surface area (Å²) >= 11 is 5.77. The highest BCUT2D eigenvalue weighted by molar-refractivity contribution is 6.17. The van der Waals surface area contributed by atoms with E-state index in [0.717, 1.165) is 22.3 Å². The second kappa shape index (κ2) is 10.8. The quantitative estimate of drug-likeness (QED) is 0.584. The van der Waals surface area contributed by atoms with Gasteiger partial charge in [0.05, 0.1) is 33.1 Å². The monoisotopic (exact) mass is 474 g/mol. The van der Waals surface area contributed by atoms with Gasteiger partial charge in [-0.2, -0.15) is 0 Å². The summed E-state index contributed by atoms with van der Waals surface area (Å²) in [6.45, 7) is 0. The third kappa shape index (κ3) is 5.03. The minimum atomic E-state index is -0.341. The summed E-state index contributed by atoms with van der Waals surface area (Å²) in [6, 6.07) is 6.95. The molecule has 0 aliphatic heterocycles. The van der Waals surface area contributed by atoms with Gasteiger partial charge in [-0.15, -0.1) is 11.6 Å². The van der Waals surface area contributed by atoms with Crippen LogP contribution in [0.15, 0.2) is 29.1 Å². The van der Waals surface area contributed by atoms with Gasteiger partial charge in [-0.05, 0) is 54.2 Å². The van der Waals surface area contributed by atoms with Crippen molar-refractivity contribution in [3.8, 4) is 28.4 Å². The topological polar surface area (TPSA) is 77.1 Å². The number of hydrogen-bond acceptors (Lipinski definition) is 6. The summed E-state index contributed by atoms with van der Waals surface area (Å²) in [4.78, 5) is 27.5. The Hall–Kier alpha value is -2.93. The van der Waals surface area contributed by atoms with Gasteiger partial charge < -0.3 is 24.4 Å². The van der Waals surface area contributed by atoms with E-state index in [4.69, 9.17) is 25.8 Å². The zero-order chi connectivity index (χ0) is 24.1. The maximum Gasteiger partial charge on any atom is 0.220 e. The third-order valence-electron chi connectivity index (χ3n) is 5.87. The average Bonchev–Trinajstić information content (AvgIpc) is 3.05. The number of halogens is 1. The Morgan fingerprint density at radius 3 is 2.45 bits per heavy atom. The fraction of sp³-hybridized carbons (Fsp3) is 0.440. The van der Waals surface area contributed by atoms with Gasteiger partial charge in [-0.3, -0.25) is 9.59 Å². The van der Waals surface area contributed by atoms with E-state index in [2.05, 4.69) is 5.32 Å². The molecule has 3 rings (SSSR count). The van der Waals surface area contributed by atoms with Crippen LogP contribution in [0.25, 0.3) is 11.1 Å². The summed E-state index contributed by atoms with van der Waals surface area (Å²) < 4.78 is 17.0. The molecular formula is C25H31ClN2O5. The van der Waals surface area contributed by atoms with Gasteiger partial charge in [-0.1, -0.05) is 6.07 Å². The largest absolute Gasteiger partial charge is 0.493 e. The molecule has 0 fully saturated rings. The molecule has 0 aromatic heterocycles. The molecule has 2 aromatic rings. The van der Waals surface area contributed by atoms with Crippen molar-refractivity contribution < 1.29 is 19.0 Å². The van der Waals surface area contributed by atoms with Crippen LogP contribution in [0.1, 0.15) is 36.4 Å². The molecule has 1 amide bonds. The number of aryl methyl sites for hydroxylation is 1. The van der Waals surface area contributed by atoms with Gasteiger partial charge >= 0.3 is 0 Å². The number of ether oxygens (including phenoxy) is 3. The number of benzene rings is 1. The maximum absolute atomic E-state index is 13.1. The smallest absolute Gasteiger partial charge is 0.220 e.